The van der Waals surface area contributed by atoms with Crippen LogP contribution in [0, 0.1) is 34.0 Å². The number of likely N-dealkylation sites (tertiary alicyclic amines) is 1. The molecule has 4 N–H and O–H groups in total. The molecular weight excluding hydrogens is 592 g/mol. The summed E-state index contributed by atoms with van der Waals surface area (Å²) in [5.41, 5.74) is -0.909. The topological polar surface area (TPSA) is 119 Å². The summed E-state index contributed by atoms with van der Waals surface area (Å²) >= 11 is 6.58. The van der Waals surface area contributed by atoms with Crippen molar-refractivity contribution in [3.63, 3.8) is 0 Å². The van der Waals surface area contributed by atoms with E-state index < -0.39 is 40.5 Å². The van der Waals surface area contributed by atoms with Crippen molar-refractivity contribution in [2.45, 2.75) is 70.2 Å². The van der Waals surface area contributed by atoms with Crippen LogP contribution in [0.5, 0.6) is 0 Å². The second-order valence-electron chi connectivity index (χ2n) is 14.7. The fourth-order valence-corrected chi connectivity index (χ4v) is 10.8. The van der Waals surface area contributed by atoms with E-state index in [9.17, 15) is 24.9 Å². The molecule has 2 saturated heterocycles. The van der Waals surface area contributed by atoms with Crippen LogP contribution in [0.1, 0.15) is 57.1 Å². The molecule has 7 rings (SSSR count). The number of ether oxygens (including phenoxy) is 1. The van der Waals surface area contributed by atoms with Gasteiger partial charge < -0.3 is 25.4 Å². The molecule has 8 nitrogen and oxygen atoms in total. The lowest BCUT2D eigenvalue weighted by atomic mass is 9.45. The highest BCUT2D eigenvalue weighted by molar-refractivity contribution is 6.31. The van der Waals surface area contributed by atoms with Gasteiger partial charge in [-0.05, 0) is 79.0 Å². The van der Waals surface area contributed by atoms with Gasteiger partial charge in [0.05, 0.1) is 12.7 Å². The van der Waals surface area contributed by atoms with Crippen LogP contribution in [0.2, 0.25) is 5.02 Å². The standard InChI is InChI=1S/C36H43ClN2O6/c1-21-9-12-28-33(2,14-13-29(41)34(28,3)20-40)25(21)15-23-18-39(17-22-7-5-4-6-8-22)36(35(23)30(42)19-45-32(35)44)26-16-24(37)10-11-27(26)38-31(36)43/h4-8,10-11,16,23,25,28-30,40-42H,1,9,12-15,17-20H2,2-3H3,(H,38,43)/t23?,25-,28+,29-,30-,33+,34+,35-,36+/m1/s1. The van der Waals surface area contributed by atoms with Crippen molar-refractivity contribution in [1.82, 2.24) is 4.90 Å². The molecule has 2 spiro atoms. The van der Waals surface area contributed by atoms with Gasteiger partial charge >= 0.3 is 5.97 Å². The molecule has 2 aromatic carbocycles. The zero-order chi connectivity index (χ0) is 31.9. The summed E-state index contributed by atoms with van der Waals surface area (Å²) in [5.74, 6) is -1.42. The highest BCUT2D eigenvalue weighted by Gasteiger charge is 2.79. The lowest BCUT2D eigenvalue weighted by Gasteiger charge is -2.60. The number of esters is 1. The molecule has 2 aromatic rings. The van der Waals surface area contributed by atoms with Crippen LogP contribution in [-0.4, -0.2) is 64.1 Å². The number of allylic oxidation sites excluding steroid dienone is 1. The van der Waals surface area contributed by atoms with Crippen molar-refractivity contribution < 1.29 is 29.6 Å². The van der Waals surface area contributed by atoms with E-state index in [1.807, 2.05) is 37.3 Å². The summed E-state index contributed by atoms with van der Waals surface area (Å²) in [4.78, 5) is 31.0. The zero-order valence-corrected chi connectivity index (χ0v) is 26.7. The van der Waals surface area contributed by atoms with Crippen molar-refractivity contribution in [2.24, 2.45) is 34.0 Å². The van der Waals surface area contributed by atoms with Crippen molar-refractivity contribution in [1.29, 1.82) is 0 Å². The van der Waals surface area contributed by atoms with Crippen LogP contribution in [-0.2, 0) is 26.4 Å². The fourth-order valence-electron chi connectivity index (χ4n) is 10.6. The maximum absolute atomic E-state index is 14.6. The molecule has 9 atom stereocenters. The third kappa shape index (κ3) is 3.99. The first-order chi connectivity index (χ1) is 21.4. The second-order valence-corrected chi connectivity index (χ2v) is 15.1. The number of cyclic esters (lactones) is 1. The molecule has 5 aliphatic rings. The number of benzene rings is 2. The molecule has 4 fully saturated rings. The Morgan fingerprint density at radius 3 is 2.53 bits per heavy atom. The van der Waals surface area contributed by atoms with E-state index in [4.69, 9.17) is 16.3 Å². The van der Waals surface area contributed by atoms with Crippen molar-refractivity contribution >= 4 is 29.2 Å². The lowest BCUT2D eigenvalue weighted by molar-refractivity contribution is -0.166. The number of rotatable bonds is 5. The van der Waals surface area contributed by atoms with Gasteiger partial charge in [0, 0.05) is 34.8 Å². The largest absolute Gasteiger partial charge is 0.462 e. The Balaban J connectivity index is 1.40. The average molecular weight is 635 g/mol. The summed E-state index contributed by atoms with van der Waals surface area (Å²) in [6, 6.07) is 15.1. The third-order valence-corrected chi connectivity index (χ3v) is 13.0. The maximum Gasteiger partial charge on any atom is 0.318 e. The summed E-state index contributed by atoms with van der Waals surface area (Å²) < 4.78 is 5.71. The molecule has 2 saturated carbocycles. The zero-order valence-electron chi connectivity index (χ0n) is 26.0. The van der Waals surface area contributed by atoms with E-state index in [-0.39, 0.29) is 36.4 Å². The van der Waals surface area contributed by atoms with E-state index in [1.165, 1.54) is 0 Å². The minimum atomic E-state index is -1.60. The van der Waals surface area contributed by atoms with Crippen LogP contribution >= 0.6 is 11.6 Å². The number of nitrogens with one attached hydrogen (secondary N) is 1. The Morgan fingerprint density at radius 1 is 1.09 bits per heavy atom. The molecule has 2 aliphatic carbocycles. The van der Waals surface area contributed by atoms with Crippen LogP contribution in [0.25, 0.3) is 0 Å². The number of fused-ring (bicyclic) bond motifs is 4. The Labute approximate surface area is 269 Å². The van der Waals surface area contributed by atoms with Gasteiger partial charge in [-0.3, -0.25) is 14.5 Å². The van der Waals surface area contributed by atoms with Crippen LogP contribution in [0.3, 0.4) is 0 Å². The first kappa shape index (κ1) is 30.9. The van der Waals surface area contributed by atoms with Gasteiger partial charge in [0.2, 0.25) is 0 Å². The van der Waals surface area contributed by atoms with E-state index in [1.54, 1.807) is 18.2 Å². The van der Waals surface area contributed by atoms with E-state index in [0.717, 1.165) is 30.4 Å². The van der Waals surface area contributed by atoms with Gasteiger partial charge in [-0.2, -0.15) is 0 Å². The third-order valence-electron chi connectivity index (χ3n) is 12.8. The van der Waals surface area contributed by atoms with Crippen LogP contribution < -0.4 is 5.32 Å². The quantitative estimate of drug-likeness (QED) is 0.279. The van der Waals surface area contributed by atoms with E-state index in [2.05, 4.69) is 23.7 Å². The van der Waals surface area contributed by atoms with Gasteiger partial charge in [0.15, 0.2) is 0 Å². The van der Waals surface area contributed by atoms with Crippen LogP contribution in [0.4, 0.5) is 5.69 Å². The normalized spacial score (nSPS) is 40.9. The molecule has 1 unspecified atom stereocenters. The summed E-state index contributed by atoms with van der Waals surface area (Å²) in [6.07, 6.45) is 1.55. The predicted octanol–water partition coefficient (Wildman–Crippen LogP) is 4.66. The molecule has 240 valence electrons. The lowest BCUT2D eigenvalue weighted by Crippen LogP contribution is -2.63. The number of aliphatic hydroxyl groups excluding tert-OH is 3. The minimum Gasteiger partial charge on any atom is -0.462 e. The molecule has 1 amide bonds. The van der Waals surface area contributed by atoms with E-state index >= 15 is 0 Å². The monoisotopic (exact) mass is 634 g/mol. The second kappa shape index (κ2) is 10.6. The number of hydrogen-bond acceptors (Lipinski definition) is 7. The molecule has 3 aliphatic heterocycles. The van der Waals surface area contributed by atoms with Crippen molar-refractivity contribution in [3.8, 4) is 0 Å². The number of halogens is 1. The molecule has 0 bridgehead atoms. The summed E-state index contributed by atoms with van der Waals surface area (Å²) in [6.45, 7) is 9.20. The van der Waals surface area contributed by atoms with Crippen molar-refractivity contribution in [3.05, 3.63) is 76.8 Å². The van der Waals surface area contributed by atoms with Crippen LogP contribution in [0.15, 0.2) is 60.7 Å². The highest BCUT2D eigenvalue weighted by atomic mass is 35.5. The van der Waals surface area contributed by atoms with Gasteiger partial charge in [-0.1, -0.05) is 67.9 Å². The number of anilines is 1. The minimum absolute atomic E-state index is 0.0377. The van der Waals surface area contributed by atoms with Gasteiger partial charge in [0.25, 0.3) is 5.91 Å². The molecular formula is C36H43ClN2O6. The summed E-state index contributed by atoms with van der Waals surface area (Å²) in [7, 11) is 0. The SMILES string of the molecule is C=C1CC[C@@H]2[C@](C)(CO)[C@H](O)CC[C@@]2(C)[C@@H]1CC1CN(Cc2ccccc2)[C@@]2(C(=O)Nc3ccc(Cl)cc32)[C@]12C(=O)OC[C@H]2O. The number of nitrogens with zero attached hydrogens (tertiary/aromatic N) is 1. The Bertz CT molecular complexity index is 1550. The first-order valence-corrected chi connectivity index (χ1v) is 16.5. The average Bonchev–Trinajstić information content (AvgIpc) is 3.60. The number of carbonyl (C=O) groups excluding carboxylic acids is 2. The molecule has 0 aromatic heterocycles. The predicted molar refractivity (Wildman–Crippen MR) is 170 cm³/mol. The first-order valence-electron chi connectivity index (χ1n) is 16.2. The maximum atomic E-state index is 14.6. The van der Waals surface area contributed by atoms with Crippen molar-refractivity contribution in [2.75, 3.05) is 25.1 Å². The number of carbonyl (C=O) groups is 2. The van der Waals surface area contributed by atoms with Gasteiger partial charge in [-0.25, -0.2) is 0 Å². The number of aliphatic hydroxyl groups is 3. The molecule has 0 radical (unpaired) electrons. The molecule has 45 heavy (non-hydrogen) atoms. The van der Waals surface area contributed by atoms with Gasteiger partial charge in [-0.15, -0.1) is 0 Å². The number of amides is 1. The fraction of sp³-hybridized carbons (Fsp3) is 0.556. The Kier molecular flexibility index (Phi) is 7.30. The number of hydrogen-bond donors (Lipinski definition) is 4. The Hall–Kier alpha value is -2.75. The molecule has 3 heterocycles. The Morgan fingerprint density at radius 2 is 1.84 bits per heavy atom. The molecule has 9 heteroatoms. The summed E-state index contributed by atoms with van der Waals surface area (Å²) in [5, 5.41) is 37.1. The highest BCUT2D eigenvalue weighted by Crippen LogP contribution is 2.68. The van der Waals surface area contributed by atoms with Gasteiger partial charge in [0.1, 0.15) is 23.7 Å². The van der Waals surface area contributed by atoms with E-state index in [0.29, 0.717) is 42.2 Å². The smallest absolute Gasteiger partial charge is 0.318 e.